The molecule has 3 N–H and O–H groups in total. The zero-order valence-electron chi connectivity index (χ0n) is 8.63. The fourth-order valence-electron chi connectivity index (χ4n) is 1.07. The molecule has 0 aliphatic carbocycles. The third-order valence-corrected chi connectivity index (χ3v) is 2.72. The molecule has 0 saturated heterocycles. The molecule has 0 aliphatic heterocycles. The summed E-state index contributed by atoms with van der Waals surface area (Å²) in [4.78, 5) is 0. The van der Waals surface area contributed by atoms with Crippen molar-refractivity contribution in [1.29, 1.82) is 0 Å². The first-order valence-electron chi connectivity index (χ1n) is 4.84. The molecule has 0 spiro atoms. The summed E-state index contributed by atoms with van der Waals surface area (Å²) >= 11 is 3.43. The fraction of sp³-hybridized carbons (Fsp3) is 0.455. The first-order valence-corrected chi connectivity index (χ1v) is 5.64. The average molecular weight is 257 g/mol. The van der Waals surface area contributed by atoms with E-state index in [4.69, 9.17) is 5.73 Å². The third-order valence-electron chi connectivity index (χ3n) is 2.22. The van der Waals surface area contributed by atoms with Crippen LogP contribution in [0.25, 0.3) is 0 Å². The van der Waals surface area contributed by atoms with E-state index in [1.807, 2.05) is 24.3 Å². The number of nitrogens with two attached hydrogens (primary N) is 1. The molecule has 0 heterocycles. The number of rotatable bonds is 4. The summed E-state index contributed by atoms with van der Waals surface area (Å²) in [6.45, 7) is 5.08. The van der Waals surface area contributed by atoms with Crippen molar-refractivity contribution in [3.63, 3.8) is 0 Å². The molecule has 3 heteroatoms. The molecule has 78 valence electrons. The first kappa shape index (κ1) is 11.5. The van der Waals surface area contributed by atoms with E-state index in [1.54, 1.807) is 0 Å². The molecule has 0 fully saturated rings. The number of benzene rings is 1. The van der Waals surface area contributed by atoms with Gasteiger partial charge in [0, 0.05) is 22.7 Å². The topological polar surface area (TPSA) is 38.0 Å². The molecular weight excluding hydrogens is 240 g/mol. The Morgan fingerprint density at radius 2 is 2.14 bits per heavy atom. The minimum Gasteiger partial charge on any atom is -0.383 e. The maximum Gasteiger partial charge on any atom is 0.0352 e. The van der Waals surface area contributed by atoms with Crippen LogP contribution in [0.5, 0.6) is 0 Å². The number of nitrogens with one attached hydrogen (secondary N) is 1. The molecule has 0 radical (unpaired) electrons. The van der Waals surface area contributed by atoms with Crippen molar-refractivity contribution in [2.24, 2.45) is 11.7 Å². The van der Waals surface area contributed by atoms with Crippen molar-refractivity contribution in [1.82, 2.24) is 0 Å². The maximum absolute atomic E-state index is 5.93. The first-order chi connectivity index (χ1) is 6.59. The second-order valence-corrected chi connectivity index (χ2v) is 4.71. The molecule has 0 aromatic heterocycles. The van der Waals surface area contributed by atoms with E-state index < -0.39 is 0 Å². The van der Waals surface area contributed by atoms with Crippen molar-refractivity contribution in [2.75, 3.05) is 11.9 Å². The van der Waals surface area contributed by atoms with Crippen LogP contribution in [-0.4, -0.2) is 12.6 Å². The third kappa shape index (κ3) is 3.68. The highest BCUT2D eigenvalue weighted by Crippen LogP contribution is 2.15. The zero-order chi connectivity index (χ0) is 10.6. The molecule has 0 saturated carbocycles. The van der Waals surface area contributed by atoms with E-state index in [0.29, 0.717) is 5.92 Å². The van der Waals surface area contributed by atoms with Gasteiger partial charge in [0.25, 0.3) is 0 Å². The Hall–Kier alpha value is -0.540. The van der Waals surface area contributed by atoms with Gasteiger partial charge in [-0.3, -0.25) is 0 Å². The van der Waals surface area contributed by atoms with Gasteiger partial charge in [0.15, 0.2) is 0 Å². The second-order valence-electron chi connectivity index (χ2n) is 3.80. The van der Waals surface area contributed by atoms with Crippen LogP contribution in [-0.2, 0) is 0 Å². The van der Waals surface area contributed by atoms with Crippen LogP contribution in [0.2, 0.25) is 0 Å². The van der Waals surface area contributed by atoms with Crippen LogP contribution in [0.3, 0.4) is 0 Å². The molecule has 1 unspecified atom stereocenters. The standard InChI is InChI=1S/C11H17BrN2/c1-8(2)11(13)7-14-10-5-3-4-9(12)6-10/h3-6,8,11,14H,7,13H2,1-2H3. The predicted molar refractivity (Wildman–Crippen MR) is 65.4 cm³/mol. The van der Waals surface area contributed by atoms with Crippen molar-refractivity contribution in [3.8, 4) is 0 Å². The predicted octanol–water partition coefficient (Wildman–Crippen LogP) is 2.84. The largest absolute Gasteiger partial charge is 0.383 e. The highest BCUT2D eigenvalue weighted by Gasteiger charge is 2.06. The van der Waals surface area contributed by atoms with E-state index in [0.717, 1.165) is 16.7 Å². The Kier molecular flexibility index (Phi) is 4.42. The summed E-state index contributed by atoms with van der Waals surface area (Å²) in [5.41, 5.74) is 7.04. The molecule has 2 nitrogen and oxygen atoms in total. The Labute approximate surface area is 94.0 Å². The minimum atomic E-state index is 0.203. The van der Waals surface area contributed by atoms with E-state index in [1.165, 1.54) is 0 Å². The van der Waals surface area contributed by atoms with Gasteiger partial charge in [0.1, 0.15) is 0 Å². The Morgan fingerprint density at radius 1 is 1.43 bits per heavy atom. The highest BCUT2D eigenvalue weighted by molar-refractivity contribution is 9.10. The van der Waals surface area contributed by atoms with Crippen LogP contribution in [0.1, 0.15) is 13.8 Å². The Morgan fingerprint density at radius 3 is 2.71 bits per heavy atom. The van der Waals surface area contributed by atoms with Crippen LogP contribution in [0.4, 0.5) is 5.69 Å². The average Bonchev–Trinajstić information content (AvgIpc) is 2.14. The molecule has 14 heavy (non-hydrogen) atoms. The lowest BCUT2D eigenvalue weighted by Crippen LogP contribution is -2.33. The van der Waals surface area contributed by atoms with Crippen molar-refractivity contribution < 1.29 is 0 Å². The monoisotopic (exact) mass is 256 g/mol. The molecule has 1 aromatic rings. The number of anilines is 1. The van der Waals surface area contributed by atoms with Crippen LogP contribution >= 0.6 is 15.9 Å². The zero-order valence-corrected chi connectivity index (χ0v) is 10.2. The van der Waals surface area contributed by atoms with E-state index in [2.05, 4.69) is 35.1 Å². The van der Waals surface area contributed by atoms with Crippen LogP contribution in [0.15, 0.2) is 28.7 Å². The maximum atomic E-state index is 5.93. The molecular formula is C11H17BrN2. The van der Waals surface area contributed by atoms with Crippen LogP contribution in [0, 0.1) is 5.92 Å². The van der Waals surface area contributed by atoms with Gasteiger partial charge in [0.2, 0.25) is 0 Å². The fourth-order valence-corrected chi connectivity index (χ4v) is 1.47. The van der Waals surface area contributed by atoms with Gasteiger partial charge in [0.05, 0.1) is 0 Å². The molecule has 1 rings (SSSR count). The Balaban J connectivity index is 2.45. The van der Waals surface area contributed by atoms with E-state index >= 15 is 0 Å². The van der Waals surface area contributed by atoms with E-state index in [9.17, 15) is 0 Å². The second kappa shape index (κ2) is 5.37. The lowest BCUT2D eigenvalue weighted by atomic mass is 10.1. The number of hydrogen-bond acceptors (Lipinski definition) is 2. The lowest BCUT2D eigenvalue weighted by molar-refractivity contribution is 0.511. The quantitative estimate of drug-likeness (QED) is 0.870. The van der Waals surface area contributed by atoms with Gasteiger partial charge in [-0.05, 0) is 24.1 Å². The smallest absolute Gasteiger partial charge is 0.0352 e. The summed E-state index contributed by atoms with van der Waals surface area (Å²) in [6, 6.07) is 8.31. The van der Waals surface area contributed by atoms with E-state index in [-0.39, 0.29) is 6.04 Å². The van der Waals surface area contributed by atoms with Crippen LogP contribution < -0.4 is 11.1 Å². The van der Waals surface area contributed by atoms with Crippen molar-refractivity contribution in [3.05, 3.63) is 28.7 Å². The van der Waals surface area contributed by atoms with Gasteiger partial charge in [-0.15, -0.1) is 0 Å². The van der Waals surface area contributed by atoms with Crippen molar-refractivity contribution in [2.45, 2.75) is 19.9 Å². The molecule has 0 bridgehead atoms. The van der Waals surface area contributed by atoms with Gasteiger partial charge in [-0.2, -0.15) is 0 Å². The van der Waals surface area contributed by atoms with Gasteiger partial charge in [-0.1, -0.05) is 35.8 Å². The molecule has 0 amide bonds. The summed E-state index contributed by atoms with van der Waals surface area (Å²) in [5, 5.41) is 3.31. The Bertz CT molecular complexity index is 286. The molecule has 1 aromatic carbocycles. The van der Waals surface area contributed by atoms with Gasteiger partial charge < -0.3 is 11.1 Å². The summed E-state index contributed by atoms with van der Waals surface area (Å²) in [7, 11) is 0. The SMILES string of the molecule is CC(C)C(N)CNc1cccc(Br)c1. The lowest BCUT2D eigenvalue weighted by Gasteiger charge is -2.16. The molecule has 0 aliphatic rings. The van der Waals surface area contributed by atoms with Crippen molar-refractivity contribution >= 4 is 21.6 Å². The van der Waals surface area contributed by atoms with Gasteiger partial charge in [-0.25, -0.2) is 0 Å². The number of halogens is 1. The summed E-state index contributed by atoms with van der Waals surface area (Å²) in [6.07, 6.45) is 0. The highest BCUT2D eigenvalue weighted by atomic mass is 79.9. The summed E-state index contributed by atoms with van der Waals surface area (Å²) < 4.78 is 1.08. The number of hydrogen-bond donors (Lipinski definition) is 2. The summed E-state index contributed by atoms with van der Waals surface area (Å²) in [5.74, 6) is 0.509. The minimum absolute atomic E-state index is 0.203. The van der Waals surface area contributed by atoms with Gasteiger partial charge >= 0.3 is 0 Å². The molecule has 1 atom stereocenters. The normalized spacial score (nSPS) is 12.9.